The molecule has 161 valence electrons. The van der Waals surface area contributed by atoms with Gasteiger partial charge < -0.3 is 25.6 Å². The number of nitrogens with one attached hydrogen (secondary N) is 1. The van der Waals surface area contributed by atoms with Crippen molar-refractivity contribution in [2.45, 2.75) is 57.6 Å². The quantitative estimate of drug-likeness (QED) is 0.538. The van der Waals surface area contributed by atoms with E-state index in [9.17, 15) is 5.11 Å². The van der Waals surface area contributed by atoms with Crippen molar-refractivity contribution in [3.8, 4) is 5.75 Å². The molecule has 0 bridgehead atoms. The summed E-state index contributed by atoms with van der Waals surface area (Å²) in [6, 6.07) is 5.75. The van der Waals surface area contributed by atoms with Crippen LogP contribution < -0.4 is 10.1 Å². The van der Waals surface area contributed by atoms with Crippen molar-refractivity contribution in [2.75, 3.05) is 33.6 Å². The van der Waals surface area contributed by atoms with Gasteiger partial charge in [0.15, 0.2) is 6.23 Å². The monoisotopic (exact) mass is 479 g/mol. The van der Waals surface area contributed by atoms with Crippen LogP contribution in [0.4, 0.5) is 11.4 Å². The predicted molar refractivity (Wildman–Crippen MR) is 116 cm³/mol. The molecule has 1 aliphatic heterocycles. The summed E-state index contributed by atoms with van der Waals surface area (Å²) in [5.41, 5.74) is 3.18. The zero-order chi connectivity index (χ0) is 20.6. The number of aliphatic hydroxyl groups excluding tert-OH is 2. The molecule has 3 aliphatic rings. The Morgan fingerprint density at radius 1 is 1.21 bits per heavy atom. The fraction of sp³-hybridized carbons (Fsp3) is 0.682. The van der Waals surface area contributed by atoms with E-state index in [1.54, 1.807) is 21.2 Å². The summed E-state index contributed by atoms with van der Waals surface area (Å²) < 4.78 is 5.22. The minimum Gasteiger partial charge on any atom is -0.668 e. The van der Waals surface area contributed by atoms with Gasteiger partial charge in [-0.2, -0.15) is 14.1 Å². The van der Waals surface area contributed by atoms with Crippen LogP contribution in [0.25, 0.3) is 5.32 Å². The average Bonchev–Trinajstić information content (AvgIpc) is 3.63. The van der Waals surface area contributed by atoms with Crippen molar-refractivity contribution in [3.63, 3.8) is 0 Å². The maximum absolute atomic E-state index is 10.3. The second-order valence-corrected chi connectivity index (χ2v) is 7.96. The van der Waals surface area contributed by atoms with E-state index in [1.807, 2.05) is 18.2 Å². The van der Waals surface area contributed by atoms with E-state index in [-0.39, 0.29) is 32.7 Å². The van der Waals surface area contributed by atoms with Crippen LogP contribution in [-0.2, 0) is 32.7 Å². The van der Waals surface area contributed by atoms with Crippen LogP contribution in [0.5, 0.6) is 5.75 Å². The molecule has 1 heterocycles. The zero-order valence-corrected chi connectivity index (χ0v) is 21.2. The van der Waals surface area contributed by atoms with Crippen LogP contribution in [0.15, 0.2) is 23.2 Å². The number of aliphatic hydroxyl groups is 2. The van der Waals surface area contributed by atoms with Crippen molar-refractivity contribution >= 4 is 17.1 Å². The molecule has 4 rings (SSSR count). The summed E-state index contributed by atoms with van der Waals surface area (Å²) in [7, 11) is 6.15. The van der Waals surface area contributed by atoms with Crippen molar-refractivity contribution in [2.24, 2.45) is 16.3 Å². The Labute approximate surface area is 200 Å². The number of fused-ring (bicyclic) bond motifs is 1. The maximum Gasteiger partial charge on any atom is 0.164 e. The van der Waals surface area contributed by atoms with Gasteiger partial charge in [-0.05, 0) is 62.0 Å². The third-order valence-corrected chi connectivity index (χ3v) is 5.72. The van der Waals surface area contributed by atoms with E-state index in [2.05, 4.69) is 15.6 Å². The van der Waals surface area contributed by atoms with Crippen LogP contribution in [-0.4, -0.2) is 50.5 Å². The van der Waals surface area contributed by atoms with Gasteiger partial charge in [0.25, 0.3) is 0 Å². The van der Waals surface area contributed by atoms with Gasteiger partial charge in [-0.15, -0.1) is 0 Å². The van der Waals surface area contributed by atoms with Gasteiger partial charge in [0.2, 0.25) is 0 Å². The molecule has 2 aliphatic carbocycles. The van der Waals surface area contributed by atoms with Gasteiger partial charge >= 0.3 is 0 Å². The van der Waals surface area contributed by atoms with Crippen molar-refractivity contribution in [1.82, 2.24) is 0 Å². The molecule has 1 aromatic carbocycles. The first kappa shape index (κ1) is 26.5. The number of benzene rings is 1. The number of methoxy groups -OCH3 is 1. The largest absolute Gasteiger partial charge is 0.668 e. The summed E-state index contributed by atoms with van der Waals surface area (Å²) >= 11 is 0. The second-order valence-electron chi connectivity index (χ2n) is 7.96. The Bertz CT molecular complexity index is 646. The van der Waals surface area contributed by atoms with E-state index < -0.39 is 6.23 Å². The van der Waals surface area contributed by atoms with E-state index in [1.165, 1.54) is 44.9 Å². The van der Waals surface area contributed by atoms with E-state index in [4.69, 9.17) is 9.84 Å². The third kappa shape index (κ3) is 8.25. The number of hydrogen-bond donors (Lipinski definition) is 3. The number of ether oxygens (including phenoxy) is 1. The first-order chi connectivity index (χ1) is 13.6. The number of rotatable bonds is 7. The van der Waals surface area contributed by atoms with Gasteiger partial charge in [0.05, 0.1) is 24.2 Å². The van der Waals surface area contributed by atoms with E-state index >= 15 is 0 Å². The Hall–Kier alpha value is -0.526. The molecule has 6 nitrogen and oxygen atoms in total. The standard InChI is InChI=1S/C19H26N2O2.C2H6N.CH4O.Y/c1-23-14-4-5-15-17(12-14)21-18(22)16(20-15)7-9-19(10-11-19)8-6-13-2-3-13;1-3-2;1-2;/h4-5,12-13,18,21-22H,2-3,6-11H2,1H3;1-2H3;2H,1H3;/q;-1;;. The number of anilines is 1. The van der Waals surface area contributed by atoms with E-state index in [0.717, 1.165) is 42.3 Å². The molecular weight excluding hydrogens is 443 g/mol. The van der Waals surface area contributed by atoms with Crippen LogP contribution in [0.2, 0.25) is 0 Å². The van der Waals surface area contributed by atoms with Crippen LogP contribution in [0.3, 0.4) is 0 Å². The van der Waals surface area contributed by atoms with Crippen LogP contribution in [0, 0.1) is 11.3 Å². The smallest absolute Gasteiger partial charge is 0.164 e. The normalized spacial score (nSPS) is 20.2. The molecule has 3 N–H and O–H groups in total. The first-order valence-corrected chi connectivity index (χ1v) is 10.2. The second kappa shape index (κ2) is 13.0. The molecule has 0 saturated heterocycles. The number of hydrogen-bond acceptors (Lipinski definition) is 5. The summed E-state index contributed by atoms with van der Waals surface area (Å²) in [5.74, 6) is 1.80. The number of aliphatic imine (C=N–C) groups is 1. The van der Waals surface area contributed by atoms with Gasteiger partial charge in [-0.25, -0.2) is 0 Å². The minimum atomic E-state index is -0.672. The SMILES string of the molecule is CO.COc1ccc2c(c1)NC(O)C(CCC1(CCC3CC3)CC1)=N2.C[N-]C.[Y]. The summed E-state index contributed by atoms with van der Waals surface area (Å²) in [5, 5.41) is 24.0. The zero-order valence-electron chi connectivity index (χ0n) is 18.3. The van der Waals surface area contributed by atoms with Crippen molar-refractivity contribution in [3.05, 3.63) is 23.5 Å². The molecule has 0 amide bonds. The Morgan fingerprint density at radius 3 is 2.41 bits per heavy atom. The van der Waals surface area contributed by atoms with Crippen LogP contribution >= 0.6 is 0 Å². The van der Waals surface area contributed by atoms with Gasteiger partial charge in [-0.1, -0.05) is 12.8 Å². The average molecular weight is 479 g/mol. The molecule has 0 aromatic heterocycles. The molecule has 1 aromatic rings. The van der Waals surface area contributed by atoms with Gasteiger partial charge in [0.1, 0.15) is 5.75 Å². The van der Waals surface area contributed by atoms with Crippen LogP contribution in [0.1, 0.15) is 51.4 Å². The predicted octanol–water partition coefficient (Wildman–Crippen LogP) is 4.49. The topological polar surface area (TPSA) is 88.2 Å². The van der Waals surface area contributed by atoms with Crippen molar-refractivity contribution in [1.29, 1.82) is 0 Å². The number of nitrogens with zero attached hydrogens (tertiary/aromatic N) is 2. The van der Waals surface area contributed by atoms with Gasteiger partial charge in [0, 0.05) is 45.9 Å². The Morgan fingerprint density at radius 2 is 1.86 bits per heavy atom. The molecule has 0 spiro atoms. The summed E-state index contributed by atoms with van der Waals surface area (Å²) in [6.45, 7) is 0. The molecule has 1 radical (unpaired) electrons. The van der Waals surface area contributed by atoms with Crippen molar-refractivity contribution < 1.29 is 47.7 Å². The van der Waals surface area contributed by atoms with Gasteiger partial charge in [-0.3, -0.25) is 4.99 Å². The fourth-order valence-electron chi connectivity index (χ4n) is 3.61. The molecule has 1 atom stereocenters. The molecule has 1 unspecified atom stereocenters. The summed E-state index contributed by atoms with van der Waals surface area (Å²) in [6.07, 6.45) is 9.81. The first-order valence-electron chi connectivity index (χ1n) is 10.2. The molecular formula is C22H36N3O3Y-. The Kier molecular flexibility index (Phi) is 11.9. The third-order valence-electron chi connectivity index (χ3n) is 5.72. The molecule has 7 heteroatoms. The fourth-order valence-corrected chi connectivity index (χ4v) is 3.61. The Balaban J connectivity index is 0.000000645. The molecule has 2 fully saturated rings. The molecule has 2 saturated carbocycles. The minimum absolute atomic E-state index is 0. The summed E-state index contributed by atoms with van der Waals surface area (Å²) in [4.78, 5) is 4.69. The van der Waals surface area contributed by atoms with E-state index in [0.29, 0.717) is 5.41 Å². The molecule has 29 heavy (non-hydrogen) atoms. The maximum atomic E-state index is 10.3.